The minimum Gasteiger partial charge on any atom is -0.868 e. The average Bonchev–Trinajstić information content (AvgIpc) is 2.61. The van der Waals surface area contributed by atoms with Gasteiger partial charge < -0.3 is 15.2 Å². The molecule has 0 spiro atoms. The summed E-state index contributed by atoms with van der Waals surface area (Å²) in [4.78, 5) is 22.1. The number of carbonyl (C=O) groups is 1. The van der Waals surface area contributed by atoms with Crippen LogP contribution in [0.15, 0.2) is 48.0 Å². The SMILES string of the molecule is COc1ccc(NC(=O)/C(C#N)=C/c2ccc([O-])c([N+](=O)[O-])c2)cc1. The van der Waals surface area contributed by atoms with Gasteiger partial charge in [-0.15, -0.1) is 0 Å². The van der Waals surface area contributed by atoms with Crippen molar-refractivity contribution in [2.45, 2.75) is 0 Å². The Balaban J connectivity index is 2.24. The molecule has 0 fully saturated rings. The monoisotopic (exact) mass is 338 g/mol. The van der Waals surface area contributed by atoms with Crippen molar-refractivity contribution in [1.82, 2.24) is 0 Å². The van der Waals surface area contributed by atoms with Crippen molar-refractivity contribution in [2.24, 2.45) is 0 Å². The molecule has 0 bridgehead atoms. The van der Waals surface area contributed by atoms with Crippen LogP contribution in [0.1, 0.15) is 5.56 Å². The van der Waals surface area contributed by atoms with E-state index >= 15 is 0 Å². The number of ether oxygens (including phenoxy) is 1. The van der Waals surface area contributed by atoms with Crippen LogP contribution in [0.3, 0.4) is 0 Å². The molecule has 0 aromatic heterocycles. The second-order valence-electron chi connectivity index (χ2n) is 4.84. The zero-order chi connectivity index (χ0) is 18.4. The van der Waals surface area contributed by atoms with Gasteiger partial charge in [-0.3, -0.25) is 14.9 Å². The number of rotatable bonds is 5. The van der Waals surface area contributed by atoms with Gasteiger partial charge in [-0.25, -0.2) is 0 Å². The molecule has 2 rings (SSSR count). The summed E-state index contributed by atoms with van der Waals surface area (Å²) >= 11 is 0. The Morgan fingerprint density at radius 2 is 1.96 bits per heavy atom. The molecule has 0 radical (unpaired) electrons. The molecular weight excluding hydrogens is 326 g/mol. The molecule has 8 heteroatoms. The van der Waals surface area contributed by atoms with Crippen molar-refractivity contribution in [3.63, 3.8) is 0 Å². The molecule has 0 aliphatic heterocycles. The number of carbonyl (C=O) groups excluding carboxylic acids is 1. The number of nitro groups is 1. The van der Waals surface area contributed by atoms with Crippen LogP contribution in [0.25, 0.3) is 6.08 Å². The number of benzene rings is 2. The summed E-state index contributed by atoms with van der Waals surface area (Å²) in [6.45, 7) is 0. The van der Waals surface area contributed by atoms with E-state index in [1.54, 1.807) is 30.3 Å². The Morgan fingerprint density at radius 1 is 1.28 bits per heavy atom. The molecule has 2 aromatic carbocycles. The molecule has 8 nitrogen and oxygen atoms in total. The Kier molecular flexibility index (Phi) is 5.32. The van der Waals surface area contributed by atoms with Crippen molar-refractivity contribution in [2.75, 3.05) is 12.4 Å². The van der Waals surface area contributed by atoms with Crippen LogP contribution in [0, 0.1) is 21.4 Å². The Morgan fingerprint density at radius 3 is 2.52 bits per heavy atom. The summed E-state index contributed by atoms with van der Waals surface area (Å²) in [6.07, 6.45) is 1.17. The van der Waals surface area contributed by atoms with Gasteiger partial charge in [-0.05, 0) is 41.7 Å². The van der Waals surface area contributed by atoms with E-state index in [-0.39, 0.29) is 11.1 Å². The topological polar surface area (TPSA) is 128 Å². The van der Waals surface area contributed by atoms with Gasteiger partial charge in [0.25, 0.3) is 11.6 Å². The Bertz CT molecular complexity index is 882. The minimum atomic E-state index is -0.816. The summed E-state index contributed by atoms with van der Waals surface area (Å²) in [5.74, 6) is -0.816. The van der Waals surface area contributed by atoms with Crippen LogP contribution in [-0.2, 0) is 4.79 Å². The lowest BCUT2D eigenvalue weighted by atomic mass is 10.1. The third kappa shape index (κ3) is 4.33. The summed E-state index contributed by atoms with van der Waals surface area (Å²) in [5, 5.41) is 33.9. The second kappa shape index (κ2) is 7.61. The smallest absolute Gasteiger partial charge is 0.266 e. The van der Waals surface area contributed by atoms with Gasteiger partial charge in [0.1, 0.15) is 17.4 Å². The molecule has 2 aromatic rings. The first-order valence-electron chi connectivity index (χ1n) is 6.97. The molecule has 126 valence electrons. The molecule has 25 heavy (non-hydrogen) atoms. The predicted molar refractivity (Wildman–Crippen MR) is 87.8 cm³/mol. The van der Waals surface area contributed by atoms with Crippen molar-refractivity contribution < 1.29 is 19.6 Å². The highest BCUT2D eigenvalue weighted by Gasteiger charge is 2.12. The number of anilines is 1. The normalized spacial score (nSPS) is 10.6. The van der Waals surface area contributed by atoms with Crippen LogP contribution < -0.4 is 15.2 Å². The molecule has 1 amide bonds. The second-order valence-corrected chi connectivity index (χ2v) is 4.84. The largest absolute Gasteiger partial charge is 0.868 e. The number of nitriles is 1. The number of methoxy groups -OCH3 is 1. The minimum absolute atomic E-state index is 0.202. The molecule has 1 N–H and O–H groups in total. The number of nitrogens with one attached hydrogen (secondary N) is 1. The van der Waals surface area contributed by atoms with Crippen molar-refractivity contribution >= 4 is 23.4 Å². The maximum absolute atomic E-state index is 12.2. The van der Waals surface area contributed by atoms with Crippen LogP contribution >= 0.6 is 0 Å². The van der Waals surface area contributed by atoms with Crippen molar-refractivity contribution in [1.29, 1.82) is 5.26 Å². The standard InChI is InChI=1S/C17H13N3O5/c1-25-14-5-3-13(4-6-14)19-17(22)12(10-18)8-11-2-7-16(21)15(9-11)20(23)24/h2-9,21H,1H3,(H,19,22)/p-1/b12-8+. The lowest BCUT2D eigenvalue weighted by molar-refractivity contribution is -0.398. The van der Waals surface area contributed by atoms with E-state index in [1.165, 1.54) is 19.3 Å². The quantitative estimate of drug-likeness (QED) is 0.385. The molecule has 0 aliphatic rings. The van der Waals surface area contributed by atoms with Crippen LogP contribution in [0.2, 0.25) is 0 Å². The van der Waals surface area contributed by atoms with E-state index in [0.717, 1.165) is 12.1 Å². The molecule has 0 atom stereocenters. The van der Waals surface area contributed by atoms with Crippen LogP contribution in [0.4, 0.5) is 11.4 Å². The van der Waals surface area contributed by atoms with Crippen LogP contribution in [0.5, 0.6) is 11.5 Å². The Labute approximate surface area is 142 Å². The fourth-order valence-corrected chi connectivity index (χ4v) is 1.95. The van der Waals surface area contributed by atoms with Crippen LogP contribution in [-0.4, -0.2) is 17.9 Å². The van der Waals surface area contributed by atoms with Gasteiger partial charge in [0.15, 0.2) is 0 Å². The molecular formula is C17H12N3O5-. The lowest BCUT2D eigenvalue weighted by Gasteiger charge is -2.07. The number of nitrogens with zero attached hydrogens (tertiary/aromatic N) is 2. The number of nitro benzene ring substituents is 1. The number of hydrogen-bond acceptors (Lipinski definition) is 6. The molecule has 0 aliphatic carbocycles. The summed E-state index contributed by atoms with van der Waals surface area (Å²) in [5.41, 5.74) is -0.231. The zero-order valence-corrected chi connectivity index (χ0v) is 13.1. The van der Waals surface area contributed by atoms with Gasteiger partial charge in [0.2, 0.25) is 0 Å². The van der Waals surface area contributed by atoms with E-state index in [9.17, 15) is 20.0 Å². The highest BCUT2D eigenvalue weighted by atomic mass is 16.6. The number of amides is 1. The molecule has 0 unspecified atom stereocenters. The van der Waals surface area contributed by atoms with E-state index in [4.69, 9.17) is 10.00 Å². The van der Waals surface area contributed by atoms with Gasteiger partial charge in [0, 0.05) is 11.8 Å². The maximum atomic E-state index is 12.2. The van der Waals surface area contributed by atoms with Gasteiger partial charge in [0.05, 0.1) is 12.0 Å². The van der Waals surface area contributed by atoms with E-state index in [0.29, 0.717) is 11.4 Å². The summed E-state index contributed by atoms with van der Waals surface area (Å²) in [6, 6.07) is 11.5. The fraction of sp³-hybridized carbons (Fsp3) is 0.0588. The van der Waals surface area contributed by atoms with E-state index in [1.807, 2.05) is 0 Å². The zero-order valence-electron chi connectivity index (χ0n) is 13.1. The maximum Gasteiger partial charge on any atom is 0.266 e. The predicted octanol–water partition coefficient (Wildman–Crippen LogP) is 2.22. The molecule has 0 heterocycles. The van der Waals surface area contributed by atoms with Gasteiger partial charge in [-0.2, -0.15) is 5.26 Å². The number of hydrogen-bond donors (Lipinski definition) is 1. The highest BCUT2D eigenvalue weighted by Crippen LogP contribution is 2.25. The summed E-state index contributed by atoms with van der Waals surface area (Å²) in [7, 11) is 1.51. The average molecular weight is 338 g/mol. The third-order valence-electron chi connectivity index (χ3n) is 3.20. The van der Waals surface area contributed by atoms with Gasteiger partial charge >= 0.3 is 0 Å². The van der Waals surface area contributed by atoms with Crippen molar-refractivity contribution in [3.05, 3.63) is 63.7 Å². The third-order valence-corrected chi connectivity index (χ3v) is 3.20. The Hall–Kier alpha value is -3.86. The first-order chi connectivity index (χ1) is 11.9. The van der Waals surface area contributed by atoms with E-state index < -0.39 is 22.3 Å². The lowest BCUT2D eigenvalue weighted by Crippen LogP contribution is -2.13. The molecule has 0 saturated heterocycles. The van der Waals surface area contributed by atoms with Gasteiger partial charge in [-0.1, -0.05) is 12.1 Å². The van der Waals surface area contributed by atoms with Crippen molar-refractivity contribution in [3.8, 4) is 17.6 Å². The first-order valence-corrected chi connectivity index (χ1v) is 6.97. The summed E-state index contributed by atoms with van der Waals surface area (Å²) < 4.78 is 5.00. The first kappa shape index (κ1) is 17.5. The highest BCUT2D eigenvalue weighted by molar-refractivity contribution is 6.09. The fourth-order valence-electron chi connectivity index (χ4n) is 1.95. The van der Waals surface area contributed by atoms with E-state index in [2.05, 4.69) is 5.32 Å². The molecule has 0 saturated carbocycles.